The van der Waals surface area contributed by atoms with Gasteiger partial charge < -0.3 is 0 Å². The van der Waals surface area contributed by atoms with Crippen LogP contribution in [-0.2, 0) is 0 Å². The van der Waals surface area contributed by atoms with Crippen LogP contribution in [0.4, 0.5) is 0 Å². The summed E-state index contributed by atoms with van der Waals surface area (Å²) in [5, 5.41) is 0.730. The molecule has 0 spiro atoms. The first kappa shape index (κ1) is 10.8. The Bertz CT molecular complexity index is 311. The minimum Gasteiger partial charge on any atom is -0.178 e. The Labute approximate surface area is 99.7 Å². The first-order chi connectivity index (χ1) is 6.79. The second kappa shape index (κ2) is 4.86. The lowest BCUT2D eigenvalue weighted by Crippen LogP contribution is -2.01. The van der Waals surface area contributed by atoms with E-state index in [0.717, 1.165) is 11.0 Å². The van der Waals surface area contributed by atoms with Gasteiger partial charge in [0.1, 0.15) is 0 Å². The average molecular weight is 242 g/mol. The summed E-state index contributed by atoms with van der Waals surface area (Å²) >= 11 is 8.46. The van der Waals surface area contributed by atoms with Crippen LogP contribution in [0.3, 0.4) is 0 Å². The Kier molecular flexibility index (Phi) is 3.74. The molecule has 2 atom stereocenters. The van der Waals surface area contributed by atoms with E-state index < -0.39 is 0 Å². The number of hydrogen-bond acceptors (Lipinski definition) is 3. The second-order valence-corrected chi connectivity index (χ2v) is 6.73. The molecule has 1 aliphatic heterocycles. The van der Waals surface area contributed by atoms with E-state index in [1.165, 1.54) is 16.9 Å². The molecule has 3 heteroatoms. The highest BCUT2D eigenvalue weighted by Gasteiger charge is 2.25. The third kappa shape index (κ3) is 2.44. The summed E-state index contributed by atoms with van der Waals surface area (Å²) in [6.45, 7) is 2.16. The third-order valence-corrected chi connectivity index (χ3v) is 6.32. The van der Waals surface area contributed by atoms with Crippen LogP contribution < -0.4 is 0 Å². The Morgan fingerprint density at radius 1 is 1.50 bits per heavy atom. The van der Waals surface area contributed by atoms with E-state index in [0.29, 0.717) is 4.58 Å². The number of benzene rings is 1. The number of aryl methyl sites for hydroxylation is 1. The maximum atomic E-state index is 4.35. The Hall–Kier alpha value is 0.270. The smallest absolute Gasteiger partial charge is 0.0755 e. The van der Waals surface area contributed by atoms with Crippen LogP contribution in [0.5, 0.6) is 0 Å². The molecule has 0 N–H and O–H groups in total. The fraction of sp³-hybridized carbons (Fsp3) is 0.455. The Morgan fingerprint density at radius 2 is 2.36 bits per heavy atom. The van der Waals surface area contributed by atoms with Gasteiger partial charge >= 0.3 is 0 Å². The van der Waals surface area contributed by atoms with E-state index in [1.54, 1.807) is 0 Å². The van der Waals surface area contributed by atoms with Crippen molar-refractivity contribution in [3.05, 3.63) is 35.4 Å². The molecule has 0 aromatic heterocycles. The highest BCUT2D eigenvalue weighted by atomic mass is 32.2. The van der Waals surface area contributed by atoms with Crippen molar-refractivity contribution in [1.82, 2.24) is 0 Å². The second-order valence-electron chi connectivity index (χ2n) is 3.52. The monoisotopic (exact) mass is 242 g/mol. The van der Waals surface area contributed by atoms with Gasteiger partial charge in [-0.1, -0.05) is 29.8 Å². The van der Waals surface area contributed by atoms with Crippen molar-refractivity contribution in [2.45, 2.75) is 16.8 Å². The van der Waals surface area contributed by atoms with Crippen molar-refractivity contribution in [3.63, 3.8) is 0 Å². The van der Waals surface area contributed by atoms with Crippen LogP contribution in [-0.4, -0.2) is 16.8 Å². The molecule has 1 aliphatic rings. The predicted molar refractivity (Wildman–Crippen MR) is 71.6 cm³/mol. The topological polar surface area (TPSA) is 0 Å². The largest absolute Gasteiger partial charge is 0.178 e. The maximum Gasteiger partial charge on any atom is 0.0755 e. The van der Waals surface area contributed by atoms with Gasteiger partial charge in [0, 0.05) is 16.8 Å². The fourth-order valence-corrected chi connectivity index (χ4v) is 5.25. The van der Waals surface area contributed by atoms with E-state index in [-0.39, 0.29) is 0 Å². The van der Waals surface area contributed by atoms with Gasteiger partial charge in [-0.25, -0.2) is 0 Å². The average Bonchev–Trinajstić information content (AvgIpc) is 2.66. The molecule has 1 aromatic rings. The van der Waals surface area contributed by atoms with Crippen molar-refractivity contribution in [3.8, 4) is 0 Å². The van der Waals surface area contributed by atoms with E-state index in [1.807, 2.05) is 0 Å². The summed E-state index contributed by atoms with van der Waals surface area (Å²) in [4.78, 5) is 0. The molecule has 1 heterocycles. The Balaban J connectivity index is 2.09. The van der Waals surface area contributed by atoms with E-state index in [4.69, 9.17) is 0 Å². The highest BCUT2D eigenvalue weighted by Crippen LogP contribution is 2.49. The van der Waals surface area contributed by atoms with E-state index in [2.05, 4.69) is 67.3 Å². The molecule has 0 amide bonds. The van der Waals surface area contributed by atoms with Gasteiger partial charge in [-0.3, -0.25) is 0 Å². The Morgan fingerprint density at radius 3 is 3.00 bits per heavy atom. The van der Waals surface area contributed by atoms with E-state index >= 15 is 0 Å². The van der Waals surface area contributed by atoms with Gasteiger partial charge in [0.15, 0.2) is 0 Å². The van der Waals surface area contributed by atoms with Gasteiger partial charge in [-0.05, 0) is 12.5 Å². The van der Waals surface area contributed by atoms with Gasteiger partial charge in [-0.2, -0.15) is 12.6 Å². The molecule has 0 aliphatic carbocycles. The first-order valence-corrected chi connectivity index (χ1v) is 7.36. The lowest BCUT2D eigenvalue weighted by Gasteiger charge is -2.09. The standard InChI is InChI=1S/C11H14S3/c1-8-3-2-4-9(5-8)11-13-7-10(6-12)14-11/h2-5,10-12H,6-7H2,1H3. The minimum atomic E-state index is 0.632. The van der Waals surface area contributed by atoms with Crippen LogP contribution in [0.2, 0.25) is 0 Å². The van der Waals surface area contributed by atoms with Crippen LogP contribution in [0.25, 0.3) is 0 Å². The number of rotatable bonds is 2. The molecule has 0 bridgehead atoms. The zero-order valence-electron chi connectivity index (χ0n) is 8.14. The first-order valence-electron chi connectivity index (χ1n) is 4.74. The number of thiol groups is 1. The molecule has 1 aromatic carbocycles. The van der Waals surface area contributed by atoms with Crippen molar-refractivity contribution in [2.75, 3.05) is 11.5 Å². The fourth-order valence-electron chi connectivity index (χ4n) is 1.54. The summed E-state index contributed by atoms with van der Waals surface area (Å²) < 4.78 is 0.632. The number of thioether (sulfide) groups is 2. The zero-order chi connectivity index (χ0) is 9.97. The summed E-state index contributed by atoms with van der Waals surface area (Å²) in [5.41, 5.74) is 2.82. The molecule has 2 rings (SSSR count). The van der Waals surface area contributed by atoms with Crippen molar-refractivity contribution in [2.24, 2.45) is 0 Å². The van der Waals surface area contributed by atoms with Crippen molar-refractivity contribution >= 4 is 36.2 Å². The third-order valence-electron chi connectivity index (χ3n) is 2.27. The van der Waals surface area contributed by atoms with Crippen LogP contribution in [0, 0.1) is 6.92 Å². The quantitative estimate of drug-likeness (QED) is 0.784. The summed E-state index contributed by atoms with van der Waals surface area (Å²) in [6.07, 6.45) is 0. The molecule has 14 heavy (non-hydrogen) atoms. The SMILES string of the molecule is Cc1cccc(C2SCC(CS)S2)c1. The number of hydrogen-bond donors (Lipinski definition) is 1. The lowest BCUT2D eigenvalue weighted by molar-refractivity contribution is 1.17. The van der Waals surface area contributed by atoms with Gasteiger partial charge in [0.05, 0.1) is 4.58 Å². The summed E-state index contributed by atoms with van der Waals surface area (Å²) in [6, 6.07) is 8.84. The van der Waals surface area contributed by atoms with Crippen molar-refractivity contribution in [1.29, 1.82) is 0 Å². The lowest BCUT2D eigenvalue weighted by atomic mass is 10.2. The van der Waals surface area contributed by atoms with Crippen LogP contribution >= 0.6 is 36.2 Å². The molecule has 1 fully saturated rings. The molecular formula is C11H14S3. The normalized spacial score (nSPS) is 26.7. The predicted octanol–water partition coefficient (Wildman–Crippen LogP) is 3.77. The molecule has 1 saturated heterocycles. The van der Waals surface area contributed by atoms with Gasteiger partial charge in [-0.15, -0.1) is 23.5 Å². The molecule has 0 radical (unpaired) electrons. The zero-order valence-corrected chi connectivity index (χ0v) is 10.7. The highest BCUT2D eigenvalue weighted by molar-refractivity contribution is 8.20. The van der Waals surface area contributed by atoms with Crippen molar-refractivity contribution < 1.29 is 0 Å². The molecule has 0 saturated carbocycles. The summed E-state index contributed by atoms with van der Waals surface area (Å²) in [5.74, 6) is 2.24. The summed E-state index contributed by atoms with van der Waals surface area (Å²) in [7, 11) is 0. The van der Waals surface area contributed by atoms with Gasteiger partial charge in [0.25, 0.3) is 0 Å². The van der Waals surface area contributed by atoms with Crippen LogP contribution in [0.15, 0.2) is 24.3 Å². The molecular weight excluding hydrogens is 228 g/mol. The molecule has 76 valence electrons. The minimum absolute atomic E-state index is 0.632. The van der Waals surface area contributed by atoms with Gasteiger partial charge in [0.2, 0.25) is 0 Å². The maximum absolute atomic E-state index is 4.35. The van der Waals surface area contributed by atoms with E-state index in [9.17, 15) is 0 Å². The molecule has 2 unspecified atom stereocenters. The molecule has 0 nitrogen and oxygen atoms in total. The van der Waals surface area contributed by atoms with Crippen LogP contribution in [0.1, 0.15) is 15.7 Å².